The maximum atomic E-state index is 13.2. The first-order valence-corrected chi connectivity index (χ1v) is 9.10. The van der Waals surface area contributed by atoms with Gasteiger partial charge < -0.3 is 9.64 Å². The summed E-state index contributed by atoms with van der Waals surface area (Å²) >= 11 is 0. The lowest BCUT2D eigenvalue weighted by molar-refractivity contribution is -0.119. The van der Waals surface area contributed by atoms with Gasteiger partial charge in [0.05, 0.1) is 13.2 Å². The maximum Gasteiger partial charge on any atom is 0.246 e. The third-order valence-corrected chi connectivity index (χ3v) is 5.41. The molecule has 2 atom stereocenters. The van der Waals surface area contributed by atoms with Gasteiger partial charge in [0.15, 0.2) is 0 Å². The van der Waals surface area contributed by atoms with Crippen LogP contribution in [-0.2, 0) is 4.79 Å². The minimum atomic E-state index is -0.0571. The number of ether oxygens (including phenoxy) is 1. The summed E-state index contributed by atoms with van der Waals surface area (Å²) in [6, 6.07) is 16.3. The predicted molar refractivity (Wildman–Crippen MR) is 104 cm³/mol. The predicted octanol–water partition coefficient (Wildman–Crippen LogP) is 3.27. The highest BCUT2D eigenvalue weighted by Crippen LogP contribution is 2.43. The summed E-state index contributed by atoms with van der Waals surface area (Å²) in [5.74, 6) is 0.960. The van der Waals surface area contributed by atoms with Crippen LogP contribution in [0, 0.1) is 0 Å². The molecule has 1 amide bonds. The van der Waals surface area contributed by atoms with Crippen molar-refractivity contribution in [1.82, 2.24) is 4.90 Å². The van der Waals surface area contributed by atoms with E-state index in [2.05, 4.69) is 34.1 Å². The van der Waals surface area contributed by atoms with E-state index in [1.54, 1.807) is 7.11 Å². The van der Waals surface area contributed by atoms with Gasteiger partial charge in [-0.25, -0.2) is 0 Å². The Morgan fingerprint density at radius 1 is 1.12 bits per heavy atom. The van der Waals surface area contributed by atoms with Crippen LogP contribution in [0.15, 0.2) is 48.5 Å². The maximum absolute atomic E-state index is 13.2. The third kappa shape index (κ3) is 2.72. The van der Waals surface area contributed by atoms with Crippen LogP contribution in [0.4, 0.5) is 11.4 Å². The molecule has 0 saturated carbocycles. The van der Waals surface area contributed by atoms with Crippen LogP contribution in [-0.4, -0.2) is 44.6 Å². The minimum Gasteiger partial charge on any atom is -0.497 e. The molecule has 0 aliphatic carbocycles. The number of rotatable bonds is 4. The van der Waals surface area contributed by atoms with Gasteiger partial charge >= 0.3 is 0 Å². The number of benzene rings is 2. The average molecular weight is 351 g/mol. The Morgan fingerprint density at radius 3 is 2.58 bits per heavy atom. The summed E-state index contributed by atoms with van der Waals surface area (Å²) in [6.45, 7) is 0.955. The molecule has 0 aromatic heterocycles. The zero-order chi connectivity index (χ0) is 18.3. The van der Waals surface area contributed by atoms with Gasteiger partial charge in [0.1, 0.15) is 11.9 Å². The summed E-state index contributed by atoms with van der Waals surface area (Å²) in [6.07, 6.45) is 1.96. The van der Waals surface area contributed by atoms with E-state index >= 15 is 0 Å². The number of hydrogen-bond acceptors (Lipinski definition) is 4. The quantitative estimate of drug-likeness (QED) is 0.847. The first-order valence-electron chi connectivity index (χ1n) is 9.10. The molecule has 2 aromatic rings. The topological polar surface area (TPSA) is 36.0 Å². The molecule has 2 aliphatic rings. The van der Waals surface area contributed by atoms with E-state index in [1.165, 1.54) is 0 Å². The Kier molecular flexibility index (Phi) is 4.32. The highest BCUT2D eigenvalue weighted by Gasteiger charge is 2.49. The Morgan fingerprint density at radius 2 is 1.88 bits per heavy atom. The normalized spacial score (nSPS) is 22.6. The van der Waals surface area contributed by atoms with E-state index in [9.17, 15) is 4.79 Å². The smallest absolute Gasteiger partial charge is 0.246 e. The molecule has 2 heterocycles. The van der Waals surface area contributed by atoms with E-state index in [4.69, 9.17) is 4.74 Å². The number of nitrogens with zero attached hydrogens (tertiary/aromatic N) is 3. The Hall–Kier alpha value is -2.53. The van der Waals surface area contributed by atoms with Crippen molar-refractivity contribution in [2.75, 3.05) is 37.5 Å². The molecule has 0 unspecified atom stereocenters. The molecule has 2 fully saturated rings. The number of anilines is 2. The summed E-state index contributed by atoms with van der Waals surface area (Å²) in [7, 11) is 5.72. The summed E-state index contributed by atoms with van der Waals surface area (Å²) in [5.41, 5.74) is 3.20. The molecule has 2 aromatic carbocycles. The molecular formula is C21H25N3O2. The fraction of sp³-hybridized carbons (Fsp3) is 0.381. The van der Waals surface area contributed by atoms with Crippen molar-refractivity contribution in [2.24, 2.45) is 0 Å². The van der Waals surface area contributed by atoms with E-state index in [0.29, 0.717) is 0 Å². The second-order valence-corrected chi connectivity index (χ2v) is 7.17. The zero-order valence-corrected chi connectivity index (χ0v) is 15.6. The fourth-order valence-electron chi connectivity index (χ4n) is 4.09. The van der Waals surface area contributed by atoms with Crippen molar-refractivity contribution in [2.45, 2.75) is 25.0 Å². The fourth-order valence-corrected chi connectivity index (χ4v) is 4.09. The molecule has 5 heteroatoms. The van der Waals surface area contributed by atoms with Gasteiger partial charge in [-0.1, -0.05) is 18.2 Å². The first-order chi connectivity index (χ1) is 12.6. The highest BCUT2D eigenvalue weighted by atomic mass is 16.5. The SMILES string of the molecule is COc1cccc(N2C(=O)[C@@H]3CCCN3[C@H]2c2ccc(N(C)C)cc2)c1. The monoisotopic (exact) mass is 351 g/mol. The molecule has 2 aliphatic heterocycles. The van der Waals surface area contributed by atoms with Crippen LogP contribution in [0.2, 0.25) is 0 Å². The van der Waals surface area contributed by atoms with Crippen molar-refractivity contribution in [3.8, 4) is 5.75 Å². The van der Waals surface area contributed by atoms with Crippen LogP contribution in [0.25, 0.3) is 0 Å². The van der Waals surface area contributed by atoms with Crippen LogP contribution in [0.3, 0.4) is 0 Å². The summed E-state index contributed by atoms with van der Waals surface area (Å²) < 4.78 is 5.37. The first kappa shape index (κ1) is 16.9. The van der Waals surface area contributed by atoms with Crippen LogP contribution in [0.5, 0.6) is 5.75 Å². The number of methoxy groups -OCH3 is 1. The molecule has 0 N–H and O–H groups in total. The Bertz CT molecular complexity index is 803. The number of fused-ring (bicyclic) bond motifs is 1. The molecular weight excluding hydrogens is 326 g/mol. The molecule has 0 radical (unpaired) electrons. The van der Waals surface area contributed by atoms with Crippen LogP contribution in [0.1, 0.15) is 24.6 Å². The lowest BCUT2D eigenvalue weighted by Gasteiger charge is -2.30. The highest BCUT2D eigenvalue weighted by molar-refractivity contribution is 6.00. The minimum absolute atomic E-state index is 0.0141. The lowest BCUT2D eigenvalue weighted by Crippen LogP contribution is -2.32. The third-order valence-electron chi connectivity index (χ3n) is 5.41. The van der Waals surface area contributed by atoms with E-state index < -0.39 is 0 Å². The molecule has 5 nitrogen and oxygen atoms in total. The van der Waals surface area contributed by atoms with Crippen molar-refractivity contribution in [1.29, 1.82) is 0 Å². The number of amides is 1. The molecule has 0 spiro atoms. The standard InChI is InChI=1S/C21H25N3O2/c1-22(2)16-11-9-15(10-12-16)20-23-13-5-8-19(23)21(25)24(20)17-6-4-7-18(14-17)26-3/h4,6-7,9-12,14,19-20H,5,8,13H2,1-3H3/t19-,20+/m0/s1. The van der Waals surface area contributed by atoms with Crippen molar-refractivity contribution >= 4 is 17.3 Å². The lowest BCUT2D eigenvalue weighted by atomic mass is 10.1. The molecule has 2 saturated heterocycles. The van der Waals surface area contributed by atoms with Gasteiger partial charge in [-0.15, -0.1) is 0 Å². The summed E-state index contributed by atoms with van der Waals surface area (Å²) in [4.78, 5) is 19.5. The number of carbonyl (C=O) groups excluding carboxylic acids is 1. The van der Waals surface area contributed by atoms with Crippen molar-refractivity contribution in [3.05, 3.63) is 54.1 Å². The van der Waals surface area contributed by atoms with Gasteiger partial charge in [-0.3, -0.25) is 14.6 Å². The molecule has 4 rings (SSSR count). The Labute approximate surface area is 154 Å². The number of hydrogen-bond donors (Lipinski definition) is 0. The van der Waals surface area contributed by atoms with Gasteiger partial charge in [-0.2, -0.15) is 0 Å². The average Bonchev–Trinajstić information content (AvgIpc) is 3.24. The van der Waals surface area contributed by atoms with Gasteiger partial charge in [-0.05, 0) is 42.7 Å². The van der Waals surface area contributed by atoms with Gasteiger partial charge in [0, 0.05) is 38.1 Å². The zero-order valence-electron chi connectivity index (χ0n) is 15.6. The second-order valence-electron chi connectivity index (χ2n) is 7.17. The van der Waals surface area contributed by atoms with E-state index in [-0.39, 0.29) is 18.1 Å². The van der Waals surface area contributed by atoms with Crippen LogP contribution >= 0.6 is 0 Å². The largest absolute Gasteiger partial charge is 0.497 e. The van der Waals surface area contributed by atoms with E-state index in [0.717, 1.165) is 42.1 Å². The van der Waals surface area contributed by atoms with Gasteiger partial charge in [0.25, 0.3) is 0 Å². The molecule has 26 heavy (non-hydrogen) atoms. The second kappa shape index (κ2) is 6.65. The van der Waals surface area contributed by atoms with Gasteiger partial charge in [0.2, 0.25) is 5.91 Å². The number of carbonyl (C=O) groups is 1. The van der Waals surface area contributed by atoms with Crippen molar-refractivity contribution < 1.29 is 9.53 Å². The van der Waals surface area contributed by atoms with E-state index in [1.807, 2.05) is 43.3 Å². The molecule has 0 bridgehead atoms. The Balaban J connectivity index is 1.76. The molecule has 136 valence electrons. The van der Waals surface area contributed by atoms with Crippen LogP contribution < -0.4 is 14.5 Å². The van der Waals surface area contributed by atoms with Crippen molar-refractivity contribution in [3.63, 3.8) is 0 Å². The summed E-state index contributed by atoms with van der Waals surface area (Å²) in [5, 5.41) is 0.